The van der Waals surface area contributed by atoms with Gasteiger partial charge in [-0.25, -0.2) is 5.43 Å². The Morgan fingerprint density at radius 3 is 2.64 bits per heavy atom. The van der Waals surface area contributed by atoms with Crippen molar-refractivity contribution in [1.82, 2.24) is 9.99 Å². The normalized spacial score (nSPS) is 11.6. The third-order valence-electron chi connectivity index (χ3n) is 2.81. The molecule has 0 bridgehead atoms. The van der Waals surface area contributed by atoms with E-state index >= 15 is 0 Å². The summed E-state index contributed by atoms with van der Waals surface area (Å²) in [6, 6.07) is 12.5. The van der Waals surface area contributed by atoms with Crippen LogP contribution in [0.3, 0.4) is 0 Å². The summed E-state index contributed by atoms with van der Waals surface area (Å²) in [6.45, 7) is 0. The Balaban J connectivity index is 1.99. The van der Waals surface area contributed by atoms with Crippen LogP contribution in [0.1, 0.15) is 15.9 Å². The third kappa shape index (κ3) is 4.53. The minimum atomic E-state index is -0.383. The maximum atomic E-state index is 11.9. The highest BCUT2D eigenvalue weighted by atomic mass is 79.9. The van der Waals surface area contributed by atoms with E-state index in [1.54, 1.807) is 7.05 Å². The summed E-state index contributed by atoms with van der Waals surface area (Å²) in [6.07, 6.45) is 4.83. The molecule has 2 rings (SSSR count). The van der Waals surface area contributed by atoms with Crippen LogP contribution in [0.5, 0.6) is 0 Å². The van der Waals surface area contributed by atoms with Crippen LogP contribution in [0.2, 0.25) is 0 Å². The van der Waals surface area contributed by atoms with Gasteiger partial charge < -0.3 is 4.57 Å². The zero-order valence-corrected chi connectivity index (χ0v) is 13.4. The summed E-state index contributed by atoms with van der Waals surface area (Å²) in [5.41, 5.74) is 3.62. The van der Waals surface area contributed by atoms with Gasteiger partial charge in [-0.3, -0.25) is 9.59 Å². The summed E-state index contributed by atoms with van der Waals surface area (Å²) in [7, 11) is 1.58. The molecule has 0 aliphatic carbocycles. The van der Waals surface area contributed by atoms with Crippen molar-refractivity contribution in [3.05, 3.63) is 74.6 Å². The van der Waals surface area contributed by atoms with Crippen LogP contribution in [-0.2, 0) is 7.05 Å². The van der Waals surface area contributed by atoms with Gasteiger partial charge in [0.2, 0.25) is 5.56 Å². The first-order valence-corrected chi connectivity index (χ1v) is 7.28. The summed E-state index contributed by atoms with van der Waals surface area (Å²) >= 11 is 3.36. The third-order valence-corrected chi connectivity index (χ3v) is 3.24. The van der Waals surface area contributed by atoms with E-state index < -0.39 is 0 Å². The number of nitrogens with one attached hydrogen (secondary N) is 1. The monoisotopic (exact) mass is 359 g/mol. The summed E-state index contributed by atoms with van der Waals surface area (Å²) in [5.74, 6) is -0.383. The number of benzene rings is 1. The second-order valence-electron chi connectivity index (χ2n) is 4.51. The number of hydrazone groups is 1. The molecule has 0 radical (unpaired) electrons. The molecule has 0 unspecified atom stereocenters. The van der Waals surface area contributed by atoms with E-state index in [2.05, 4.69) is 26.5 Å². The molecule has 0 spiro atoms. The molecule has 0 aliphatic rings. The molecule has 1 amide bonds. The maximum Gasteiger partial charge on any atom is 0.272 e. The van der Waals surface area contributed by atoms with Crippen molar-refractivity contribution in [3.63, 3.8) is 0 Å². The molecule has 0 fully saturated rings. The summed E-state index contributed by atoms with van der Waals surface area (Å²) in [4.78, 5) is 23.1. The lowest BCUT2D eigenvalue weighted by molar-refractivity contribution is 0.0954. The van der Waals surface area contributed by atoms with Crippen LogP contribution in [0.25, 0.3) is 6.08 Å². The first-order valence-electron chi connectivity index (χ1n) is 6.48. The van der Waals surface area contributed by atoms with Gasteiger partial charge in [0.15, 0.2) is 0 Å². The number of pyridine rings is 1. The molecule has 112 valence electrons. The van der Waals surface area contributed by atoms with Gasteiger partial charge in [-0.15, -0.1) is 0 Å². The molecule has 1 N–H and O–H groups in total. The molecule has 6 heteroatoms. The maximum absolute atomic E-state index is 11.9. The van der Waals surface area contributed by atoms with Crippen molar-refractivity contribution in [3.8, 4) is 0 Å². The lowest BCUT2D eigenvalue weighted by Crippen LogP contribution is -2.22. The largest absolute Gasteiger partial charge is 0.318 e. The number of hydrogen-bond donors (Lipinski definition) is 1. The van der Waals surface area contributed by atoms with Crippen molar-refractivity contribution < 1.29 is 4.79 Å². The number of halogens is 1. The number of hydrogen-bond acceptors (Lipinski definition) is 3. The number of carbonyl (C=O) groups is 1. The van der Waals surface area contributed by atoms with Crippen molar-refractivity contribution in [2.75, 3.05) is 0 Å². The van der Waals surface area contributed by atoms with Gasteiger partial charge in [-0.05, 0) is 33.6 Å². The zero-order valence-electron chi connectivity index (χ0n) is 11.9. The first-order chi connectivity index (χ1) is 10.6. The molecule has 1 aromatic heterocycles. The predicted molar refractivity (Wildman–Crippen MR) is 91.0 cm³/mol. The van der Waals surface area contributed by atoms with Gasteiger partial charge >= 0.3 is 0 Å². The Kier molecular flexibility index (Phi) is 5.43. The number of rotatable bonds is 4. The Hall–Kier alpha value is -2.47. The Bertz CT molecular complexity index is 779. The molecular formula is C16H14BrN3O2. The molecule has 0 saturated carbocycles. The van der Waals surface area contributed by atoms with E-state index in [1.165, 1.54) is 29.1 Å². The number of amides is 1. The van der Waals surface area contributed by atoms with Gasteiger partial charge in [0, 0.05) is 23.8 Å². The average Bonchev–Trinajstić information content (AvgIpc) is 2.51. The lowest BCUT2D eigenvalue weighted by atomic mass is 10.2. The standard InChI is InChI=1S/C16H14BrN3O2/c1-20-11-13(7-8-15(20)21)16(22)19-18-10-14(17)9-12-5-3-2-4-6-12/h2-11H,1H3,(H,19,22)/b14-9-,18-10+. The van der Waals surface area contributed by atoms with Gasteiger partial charge in [0.25, 0.3) is 5.91 Å². The van der Waals surface area contributed by atoms with Crippen LogP contribution in [0.15, 0.2) is 63.0 Å². The quantitative estimate of drug-likeness (QED) is 0.673. The van der Waals surface area contributed by atoms with Gasteiger partial charge in [-0.2, -0.15) is 5.10 Å². The van der Waals surface area contributed by atoms with E-state index in [4.69, 9.17) is 0 Å². The van der Waals surface area contributed by atoms with E-state index in [0.29, 0.717) is 5.56 Å². The van der Waals surface area contributed by atoms with Crippen LogP contribution in [0, 0.1) is 0 Å². The summed E-state index contributed by atoms with van der Waals surface area (Å²) < 4.78 is 2.06. The highest BCUT2D eigenvalue weighted by molar-refractivity contribution is 9.12. The molecule has 0 saturated heterocycles. The van der Waals surface area contributed by atoms with E-state index in [-0.39, 0.29) is 11.5 Å². The highest BCUT2D eigenvalue weighted by Crippen LogP contribution is 2.09. The summed E-state index contributed by atoms with van der Waals surface area (Å²) in [5, 5.41) is 3.87. The van der Waals surface area contributed by atoms with E-state index in [1.807, 2.05) is 36.4 Å². The van der Waals surface area contributed by atoms with Gasteiger partial charge in [0.05, 0.1) is 11.8 Å². The molecule has 1 heterocycles. The Morgan fingerprint density at radius 1 is 1.23 bits per heavy atom. The molecule has 1 aromatic carbocycles. The number of allylic oxidation sites excluding steroid dienone is 1. The van der Waals surface area contributed by atoms with Crippen molar-refractivity contribution in [2.45, 2.75) is 0 Å². The van der Waals surface area contributed by atoms with Crippen molar-refractivity contribution >= 4 is 34.1 Å². The Labute approximate surface area is 136 Å². The van der Waals surface area contributed by atoms with E-state index in [9.17, 15) is 9.59 Å². The Morgan fingerprint density at radius 2 is 1.95 bits per heavy atom. The zero-order chi connectivity index (χ0) is 15.9. The predicted octanol–water partition coefficient (Wildman–Crippen LogP) is 2.54. The van der Waals surface area contributed by atoms with Crippen LogP contribution in [-0.4, -0.2) is 16.7 Å². The number of nitrogens with zero attached hydrogens (tertiary/aromatic N) is 2. The minimum absolute atomic E-state index is 0.173. The van der Waals surface area contributed by atoms with Crippen LogP contribution >= 0.6 is 15.9 Å². The second kappa shape index (κ2) is 7.51. The molecular weight excluding hydrogens is 346 g/mol. The molecule has 5 nitrogen and oxygen atoms in total. The van der Waals surface area contributed by atoms with Crippen LogP contribution < -0.4 is 11.0 Å². The molecule has 22 heavy (non-hydrogen) atoms. The number of carbonyl (C=O) groups excluding carboxylic acids is 1. The fourth-order valence-electron chi connectivity index (χ4n) is 1.69. The van der Waals surface area contributed by atoms with Crippen LogP contribution in [0.4, 0.5) is 0 Å². The van der Waals surface area contributed by atoms with Crippen molar-refractivity contribution in [2.24, 2.45) is 12.1 Å². The second-order valence-corrected chi connectivity index (χ2v) is 5.42. The number of aromatic nitrogens is 1. The fourth-order valence-corrected chi connectivity index (χ4v) is 2.06. The number of aryl methyl sites for hydroxylation is 1. The lowest BCUT2D eigenvalue weighted by Gasteiger charge is -2.01. The van der Waals surface area contributed by atoms with Gasteiger partial charge in [-0.1, -0.05) is 30.3 Å². The van der Waals surface area contributed by atoms with Gasteiger partial charge in [0.1, 0.15) is 0 Å². The topological polar surface area (TPSA) is 63.5 Å². The van der Waals surface area contributed by atoms with Crippen molar-refractivity contribution in [1.29, 1.82) is 0 Å². The SMILES string of the molecule is Cn1cc(C(=O)N/N=C/C(Br)=C/c2ccccc2)ccc1=O. The average molecular weight is 360 g/mol. The van der Waals surface area contributed by atoms with E-state index in [0.717, 1.165) is 10.0 Å². The highest BCUT2D eigenvalue weighted by Gasteiger charge is 2.04. The first kappa shape index (κ1) is 15.9. The fraction of sp³-hybridized carbons (Fsp3) is 0.0625. The minimum Gasteiger partial charge on any atom is -0.318 e. The molecule has 0 aliphatic heterocycles. The smallest absolute Gasteiger partial charge is 0.272 e. The molecule has 2 aromatic rings. The molecule has 0 atom stereocenters.